The molecule has 154 valence electrons. The van der Waals surface area contributed by atoms with Gasteiger partial charge in [0.15, 0.2) is 5.96 Å². The third kappa shape index (κ3) is 10.3. The molecule has 1 aromatic rings. The van der Waals surface area contributed by atoms with Crippen LogP contribution >= 0.6 is 24.0 Å². The van der Waals surface area contributed by atoms with Gasteiger partial charge >= 0.3 is 0 Å². The van der Waals surface area contributed by atoms with Crippen molar-refractivity contribution in [2.45, 2.75) is 39.0 Å². The third-order valence-corrected chi connectivity index (χ3v) is 4.11. The second-order valence-electron chi connectivity index (χ2n) is 6.89. The lowest BCUT2D eigenvalue weighted by Gasteiger charge is -2.13. The lowest BCUT2D eigenvalue weighted by molar-refractivity contribution is 0.0420. The fraction of sp³-hybridized carbons (Fsp3) is 0.650. The van der Waals surface area contributed by atoms with Crippen molar-refractivity contribution in [1.82, 2.24) is 15.5 Å². The van der Waals surface area contributed by atoms with E-state index in [1.54, 1.807) is 0 Å². The molecular weight excluding hydrogens is 455 g/mol. The van der Waals surface area contributed by atoms with E-state index in [9.17, 15) is 0 Å². The first-order chi connectivity index (χ1) is 12.7. The predicted molar refractivity (Wildman–Crippen MR) is 122 cm³/mol. The molecule has 2 rings (SSSR count). The lowest BCUT2D eigenvalue weighted by Crippen LogP contribution is -2.38. The van der Waals surface area contributed by atoms with Crippen LogP contribution in [0.15, 0.2) is 29.3 Å². The van der Waals surface area contributed by atoms with Crippen LogP contribution in [0.4, 0.5) is 0 Å². The second-order valence-corrected chi connectivity index (χ2v) is 6.89. The highest BCUT2D eigenvalue weighted by atomic mass is 127. The van der Waals surface area contributed by atoms with E-state index in [2.05, 4.69) is 60.8 Å². The number of hydrogen-bond acceptors (Lipinski definition) is 4. The molecule has 0 aliphatic carbocycles. The number of rotatable bonds is 10. The van der Waals surface area contributed by atoms with Crippen LogP contribution in [0.1, 0.15) is 30.9 Å². The van der Waals surface area contributed by atoms with Crippen molar-refractivity contribution < 1.29 is 9.47 Å². The molecular formula is C20H35IN4O2. The second kappa shape index (κ2) is 14.1. The summed E-state index contributed by atoms with van der Waals surface area (Å²) in [6.45, 7) is 7.72. The Morgan fingerprint density at radius 1 is 1.30 bits per heavy atom. The molecule has 0 saturated carbocycles. The van der Waals surface area contributed by atoms with E-state index < -0.39 is 0 Å². The van der Waals surface area contributed by atoms with Crippen LogP contribution in [-0.4, -0.2) is 64.0 Å². The summed E-state index contributed by atoms with van der Waals surface area (Å²) in [6, 6.07) is 8.62. The molecule has 0 aromatic heterocycles. The summed E-state index contributed by atoms with van der Waals surface area (Å²) < 4.78 is 11.1. The molecule has 0 radical (unpaired) electrons. The Labute approximate surface area is 181 Å². The number of benzene rings is 1. The molecule has 1 fully saturated rings. The summed E-state index contributed by atoms with van der Waals surface area (Å²) >= 11 is 0. The number of nitrogens with one attached hydrogen (secondary N) is 2. The number of ether oxygens (including phenoxy) is 2. The summed E-state index contributed by atoms with van der Waals surface area (Å²) in [6.07, 6.45) is 2.26. The normalized spacial score (nSPS) is 17.0. The number of aliphatic imine (C=N–C) groups is 1. The minimum absolute atomic E-state index is 0. The summed E-state index contributed by atoms with van der Waals surface area (Å²) in [5, 5.41) is 6.68. The molecule has 1 saturated heterocycles. The van der Waals surface area contributed by atoms with E-state index in [4.69, 9.17) is 14.5 Å². The van der Waals surface area contributed by atoms with E-state index in [0.29, 0.717) is 6.54 Å². The van der Waals surface area contributed by atoms with Crippen LogP contribution in [0.25, 0.3) is 0 Å². The Morgan fingerprint density at radius 2 is 2.11 bits per heavy atom. The molecule has 1 aliphatic heterocycles. The lowest BCUT2D eigenvalue weighted by atomic mass is 10.1. The first-order valence-corrected chi connectivity index (χ1v) is 9.61. The van der Waals surface area contributed by atoms with Gasteiger partial charge in [0, 0.05) is 32.8 Å². The van der Waals surface area contributed by atoms with Crippen LogP contribution in [0.5, 0.6) is 0 Å². The smallest absolute Gasteiger partial charge is 0.191 e. The first kappa shape index (κ1) is 24.1. The molecule has 1 aromatic carbocycles. The molecule has 0 amide bonds. The Kier molecular flexibility index (Phi) is 12.6. The summed E-state index contributed by atoms with van der Waals surface area (Å²) in [5.41, 5.74) is 2.54. The number of hydrogen-bond donors (Lipinski definition) is 2. The van der Waals surface area contributed by atoms with E-state index in [1.165, 1.54) is 11.1 Å². The topological polar surface area (TPSA) is 58.1 Å². The molecule has 1 atom stereocenters. The minimum atomic E-state index is 0. The Bertz CT molecular complexity index is 549. The molecule has 27 heavy (non-hydrogen) atoms. The summed E-state index contributed by atoms with van der Waals surface area (Å²) in [4.78, 5) is 6.87. The quantitative estimate of drug-likeness (QED) is 0.229. The van der Waals surface area contributed by atoms with Gasteiger partial charge in [0.25, 0.3) is 0 Å². The Morgan fingerprint density at radius 3 is 2.81 bits per heavy atom. The van der Waals surface area contributed by atoms with Crippen molar-refractivity contribution in [1.29, 1.82) is 0 Å². The molecule has 6 nitrogen and oxygen atoms in total. The molecule has 2 N–H and O–H groups in total. The molecule has 0 bridgehead atoms. The van der Waals surface area contributed by atoms with Crippen molar-refractivity contribution in [3.05, 3.63) is 35.4 Å². The summed E-state index contributed by atoms with van der Waals surface area (Å²) in [5.74, 6) is 0.856. The summed E-state index contributed by atoms with van der Waals surface area (Å²) in [7, 11) is 4.17. The van der Waals surface area contributed by atoms with Crippen molar-refractivity contribution in [2.75, 3.05) is 47.0 Å². The van der Waals surface area contributed by atoms with Crippen LogP contribution in [-0.2, 0) is 22.6 Å². The zero-order chi connectivity index (χ0) is 18.6. The maximum atomic E-state index is 5.79. The van der Waals surface area contributed by atoms with Gasteiger partial charge in [-0.3, -0.25) is 0 Å². The predicted octanol–water partition coefficient (Wildman–Crippen LogP) is 2.62. The van der Waals surface area contributed by atoms with Gasteiger partial charge in [-0.25, -0.2) is 4.99 Å². The minimum Gasteiger partial charge on any atom is -0.379 e. The van der Waals surface area contributed by atoms with Gasteiger partial charge in [-0.2, -0.15) is 0 Å². The van der Waals surface area contributed by atoms with Crippen molar-refractivity contribution in [2.24, 2.45) is 4.99 Å². The first-order valence-electron chi connectivity index (χ1n) is 9.61. The standard InChI is InChI=1S/C20H34N4O2.HI/c1-4-21-20(22-10-6-11-26-19-9-12-25-16-19)23-14-17-7-5-8-18(13-17)15-24(2)3;/h5,7-8,13,19H,4,6,9-12,14-16H2,1-3H3,(H2,21,22,23);1H. The fourth-order valence-corrected chi connectivity index (χ4v) is 2.88. The van der Waals surface area contributed by atoms with Gasteiger partial charge in [0.05, 0.1) is 19.3 Å². The van der Waals surface area contributed by atoms with Gasteiger partial charge in [0.2, 0.25) is 0 Å². The average Bonchev–Trinajstić information content (AvgIpc) is 3.12. The fourth-order valence-electron chi connectivity index (χ4n) is 2.88. The van der Waals surface area contributed by atoms with Crippen molar-refractivity contribution in [3.63, 3.8) is 0 Å². The van der Waals surface area contributed by atoms with Crippen LogP contribution in [0.3, 0.4) is 0 Å². The highest BCUT2D eigenvalue weighted by Gasteiger charge is 2.15. The molecule has 1 aliphatic rings. The van der Waals surface area contributed by atoms with Crippen molar-refractivity contribution >= 4 is 29.9 Å². The van der Waals surface area contributed by atoms with Crippen LogP contribution in [0.2, 0.25) is 0 Å². The largest absolute Gasteiger partial charge is 0.379 e. The average molecular weight is 490 g/mol. The maximum Gasteiger partial charge on any atom is 0.191 e. The van der Waals surface area contributed by atoms with Gasteiger partial charge in [-0.1, -0.05) is 24.3 Å². The molecule has 0 spiro atoms. The Balaban J connectivity index is 0.00000364. The molecule has 1 heterocycles. The maximum absolute atomic E-state index is 5.79. The third-order valence-electron chi connectivity index (χ3n) is 4.11. The van der Waals surface area contributed by atoms with Crippen LogP contribution in [0, 0.1) is 0 Å². The SMILES string of the molecule is CCNC(=NCc1cccc(CN(C)C)c1)NCCCOC1CCOC1.I. The van der Waals surface area contributed by atoms with Crippen molar-refractivity contribution in [3.8, 4) is 0 Å². The van der Waals surface area contributed by atoms with E-state index in [-0.39, 0.29) is 30.1 Å². The monoisotopic (exact) mass is 490 g/mol. The number of halogens is 1. The molecule has 7 heteroatoms. The highest BCUT2D eigenvalue weighted by molar-refractivity contribution is 14.0. The zero-order valence-corrected chi connectivity index (χ0v) is 19.2. The van der Waals surface area contributed by atoms with Crippen LogP contribution < -0.4 is 10.6 Å². The Hall–Kier alpha value is -0.900. The number of guanidine groups is 1. The van der Waals surface area contributed by atoms with Gasteiger partial charge < -0.3 is 25.0 Å². The van der Waals surface area contributed by atoms with Gasteiger partial charge in [0.1, 0.15) is 0 Å². The van der Waals surface area contributed by atoms with E-state index in [0.717, 1.165) is 58.3 Å². The van der Waals surface area contributed by atoms with Gasteiger partial charge in [-0.05, 0) is 45.0 Å². The van der Waals surface area contributed by atoms with Gasteiger partial charge in [-0.15, -0.1) is 24.0 Å². The number of nitrogens with zero attached hydrogens (tertiary/aromatic N) is 2. The molecule has 1 unspecified atom stereocenters. The zero-order valence-electron chi connectivity index (χ0n) is 16.9. The van der Waals surface area contributed by atoms with E-state index >= 15 is 0 Å². The highest BCUT2D eigenvalue weighted by Crippen LogP contribution is 2.09. The van der Waals surface area contributed by atoms with E-state index in [1.807, 2.05) is 0 Å².